The topological polar surface area (TPSA) is 0 Å². The molecule has 0 heterocycles. The molecule has 0 aromatic heterocycles. The third kappa shape index (κ3) is 12.8. The lowest BCUT2D eigenvalue weighted by Gasteiger charge is -2.26. The van der Waals surface area contributed by atoms with Crippen molar-refractivity contribution in [2.45, 2.75) is 143 Å². The maximum Gasteiger partial charge on any atom is 0.101 e. The fraction of sp³-hybridized carbons (Fsp3) is 1.00. The quantitative estimate of drug-likeness (QED) is 0.407. The van der Waals surface area contributed by atoms with Crippen molar-refractivity contribution in [2.24, 2.45) is 10.8 Å². The minimum atomic E-state index is -0.584. The molecule has 0 saturated heterocycles. The predicted octanol–water partition coefficient (Wildman–Crippen LogP) is 9.02. The van der Waals surface area contributed by atoms with Crippen molar-refractivity contribution in [3.8, 4) is 0 Å². The first kappa shape index (κ1) is 23.0. The van der Waals surface area contributed by atoms with Gasteiger partial charge in [-0.15, -0.1) is 0 Å². The van der Waals surface area contributed by atoms with Gasteiger partial charge in [-0.25, -0.2) is 4.39 Å². The number of hydrogen-bond donors (Lipinski definition) is 0. The molecule has 0 amide bonds. The van der Waals surface area contributed by atoms with Gasteiger partial charge in [0, 0.05) is 0 Å². The van der Waals surface area contributed by atoms with Gasteiger partial charge in [0.05, 0.1) is 0 Å². The summed E-state index contributed by atoms with van der Waals surface area (Å²) in [5.74, 6) is 0. The van der Waals surface area contributed by atoms with Gasteiger partial charge in [0.25, 0.3) is 0 Å². The van der Waals surface area contributed by atoms with E-state index in [-0.39, 0.29) is 5.41 Å². The Bertz CT molecular complexity index is 318. The van der Waals surface area contributed by atoms with E-state index >= 15 is 0 Å². The molecule has 1 rings (SSSR count). The van der Waals surface area contributed by atoms with E-state index in [2.05, 4.69) is 27.7 Å². The number of alkyl halides is 1. The van der Waals surface area contributed by atoms with E-state index in [4.69, 9.17) is 0 Å². The predicted molar refractivity (Wildman–Crippen MR) is 111 cm³/mol. The van der Waals surface area contributed by atoms with Gasteiger partial charge >= 0.3 is 0 Å². The van der Waals surface area contributed by atoms with E-state index in [9.17, 15) is 4.39 Å². The standard InChI is InChI=1S/C24H47F/c1-23(2)18-14-10-6-5-7-11-16-20-24(3,4)21-22(25)17-13-9-8-12-15-19-23/h22H,5-21H2,1-4H3/t22-/m0/s1. The van der Waals surface area contributed by atoms with E-state index in [1.165, 1.54) is 89.9 Å². The lowest BCUT2D eigenvalue weighted by Crippen LogP contribution is -2.18. The highest BCUT2D eigenvalue weighted by Crippen LogP contribution is 2.33. The lowest BCUT2D eigenvalue weighted by molar-refractivity contribution is 0.181. The first-order chi connectivity index (χ1) is 11.8. The van der Waals surface area contributed by atoms with Crippen LogP contribution in [0.1, 0.15) is 137 Å². The summed E-state index contributed by atoms with van der Waals surface area (Å²) < 4.78 is 14.3. The number of hydrogen-bond acceptors (Lipinski definition) is 0. The summed E-state index contributed by atoms with van der Waals surface area (Å²) in [5.41, 5.74) is 0.711. The van der Waals surface area contributed by atoms with E-state index in [0.29, 0.717) is 5.41 Å². The van der Waals surface area contributed by atoms with Crippen LogP contribution in [0.4, 0.5) is 4.39 Å². The maximum atomic E-state index is 14.3. The highest BCUT2D eigenvalue weighted by molar-refractivity contribution is 4.74. The van der Waals surface area contributed by atoms with Crippen molar-refractivity contribution >= 4 is 0 Å². The first-order valence-corrected chi connectivity index (χ1v) is 11.4. The van der Waals surface area contributed by atoms with Crippen molar-refractivity contribution in [1.29, 1.82) is 0 Å². The molecule has 0 radical (unpaired) electrons. The fourth-order valence-corrected chi connectivity index (χ4v) is 4.52. The third-order valence-corrected chi connectivity index (χ3v) is 6.35. The average Bonchev–Trinajstić information content (AvgIpc) is 2.51. The molecule has 0 unspecified atom stereocenters. The SMILES string of the molecule is CC1(C)CCCCCCCCCC(C)(C)C[C@@H](F)CCCCCCC1. The van der Waals surface area contributed by atoms with Crippen LogP contribution in [0.3, 0.4) is 0 Å². The zero-order valence-corrected chi connectivity index (χ0v) is 18.0. The summed E-state index contributed by atoms with van der Waals surface area (Å²) >= 11 is 0. The van der Waals surface area contributed by atoms with Gasteiger partial charge in [-0.3, -0.25) is 0 Å². The van der Waals surface area contributed by atoms with E-state index in [0.717, 1.165) is 19.3 Å². The Balaban J connectivity index is 2.37. The van der Waals surface area contributed by atoms with E-state index in [1.54, 1.807) is 0 Å². The third-order valence-electron chi connectivity index (χ3n) is 6.35. The second kappa shape index (κ2) is 12.3. The van der Waals surface area contributed by atoms with Crippen molar-refractivity contribution in [1.82, 2.24) is 0 Å². The fourth-order valence-electron chi connectivity index (χ4n) is 4.52. The summed E-state index contributed by atoms with van der Waals surface area (Å²) in [6.07, 6.45) is 20.9. The van der Waals surface area contributed by atoms with Crippen LogP contribution in [0, 0.1) is 10.8 Å². The summed E-state index contributed by atoms with van der Waals surface area (Å²) in [7, 11) is 0. The van der Waals surface area contributed by atoms with Crippen LogP contribution in [0.15, 0.2) is 0 Å². The van der Waals surface area contributed by atoms with Crippen LogP contribution in [0.5, 0.6) is 0 Å². The van der Waals surface area contributed by atoms with Gasteiger partial charge in [-0.1, -0.05) is 105 Å². The Morgan fingerprint density at radius 1 is 0.520 bits per heavy atom. The van der Waals surface area contributed by atoms with Crippen LogP contribution in [-0.4, -0.2) is 6.17 Å². The summed E-state index contributed by atoms with van der Waals surface area (Å²) in [6, 6.07) is 0. The number of halogens is 1. The zero-order valence-electron chi connectivity index (χ0n) is 18.0. The molecule has 0 nitrogen and oxygen atoms in total. The molecular formula is C24H47F. The molecule has 150 valence electrons. The average molecular weight is 355 g/mol. The highest BCUT2D eigenvalue weighted by atomic mass is 19.1. The van der Waals surface area contributed by atoms with Crippen molar-refractivity contribution in [3.05, 3.63) is 0 Å². The van der Waals surface area contributed by atoms with Crippen LogP contribution in [-0.2, 0) is 0 Å². The molecule has 25 heavy (non-hydrogen) atoms. The van der Waals surface area contributed by atoms with Gasteiger partial charge in [0.1, 0.15) is 6.17 Å². The largest absolute Gasteiger partial charge is 0.247 e. The minimum absolute atomic E-state index is 0.186. The summed E-state index contributed by atoms with van der Waals surface area (Å²) in [4.78, 5) is 0. The number of rotatable bonds is 0. The Morgan fingerprint density at radius 3 is 1.36 bits per heavy atom. The van der Waals surface area contributed by atoms with E-state index < -0.39 is 6.17 Å². The van der Waals surface area contributed by atoms with Gasteiger partial charge in [-0.05, 0) is 42.9 Å². The zero-order chi connectivity index (χ0) is 18.6. The Labute approximate surface area is 158 Å². The summed E-state index contributed by atoms with van der Waals surface area (Å²) in [5, 5.41) is 0. The van der Waals surface area contributed by atoms with Crippen LogP contribution < -0.4 is 0 Å². The van der Waals surface area contributed by atoms with Crippen LogP contribution in [0.2, 0.25) is 0 Å². The van der Waals surface area contributed by atoms with Gasteiger partial charge in [0.15, 0.2) is 0 Å². The van der Waals surface area contributed by atoms with Gasteiger partial charge < -0.3 is 0 Å². The Morgan fingerprint density at radius 2 is 0.880 bits per heavy atom. The molecule has 1 saturated carbocycles. The van der Waals surface area contributed by atoms with Gasteiger partial charge in [0.2, 0.25) is 0 Å². The Hall–Kier alpha value is -0.0700. The second-order valence-corrected chi connectivity index (χ2v) is 10.4. The normalized spacial score (nSPS) is 28.9. The summed E-state index contributed by atoms with van der Waals surface area (Å²) in [6.45, 7) is 9.45. The second-order valence-electron chi connectivity index (χ2n) is 10.4. The molecule has 0 spiro atoms. The first-order valence-electron chi connectivity index (χ1n) is 11.4. The highest BCUT2D eigenvalue weighted by Gasteiger charge is 2.22. The molecule has 1 aliphatic carbocycles. The maximum absolute atomic E-state index is 14.3. The molecular weight excluding hydrogens is 307 g/mol. The van der Waals surface area contributed by atoms with Crippen molar-refractivity contribution < 1.29 is 4.39 Å². The Kier molecular flexibility index (Phi) is 11.3. The lowest BCUT2D eigenvalue weighted by atomic mass is 9.80. The molecule has 1 fully saturated rings. The molecule has 1 heteroatoms. The molecule has 0 aromatic rings. The van der Waals surface area contributed by atoms with Crippen molar-refractivity contribution in [3.63, 3.8) is 0 Å². The molecule has 0 aromatic carbocycles. The van der Waals surface area contributed by atoms with Crippen molar-refractivity contribution in [2.75, 3.05) is 0 Å². The molecule has 0 N–H and O–H groups in total. The van der Waals surface area contributed by atoms with E-state index in [1.807, 2.05) is 0 Å². The van der Waals surface area contributed by atoms with Gasteiger partial charge in [-0.2, -0.15) is 0 Å². The van der Waals surface area contributed by atoms with Crippen LogP contribution >= 0.6 is 0 Å². The minimum Gasteiger partial charge on any atom is -0.247 e. The molecule has 1 atom stereocenters. The molecule has 0 aliphatic heterocycles. The molecule has 0 bridgehead atoms. The monoisotopic (exact) mass is 354 g/mol. The van der Waals surface area contributed by atoms with Crippen LogP contribution in [0.25, 0.3) is 0 Å². The molecule has 1 aliphatic rings. The smallest absolute Gasteiger partial charge is 0.101 e.